The van der Waals surface area contributed by atoms with Crippen LogP contribution in [0.2, 0.25) is 5.02 Å². The van der Waals surface area contributed by atoms with Crippen molar-refractivity contribution in [1.82, 2.24) is 0 Å². The van der Waals surface area contributed by atoms with Crippen LogP contribution in [0.1, 0.15) is 18.9 Å². The fraction of sp³-hybridized carbons (Fsp3) is 0.333. The number of Topliss-reactive ketones (excluding diaryl/α,β-unsaturated/α-hetero) is 1. The van der Waals surface area contributed by atoms with Crippen LogP contribution in [0.4, 0.5) is 0 Å². The molecule has 0 aliphatic heterocycles. The summed E-state index contributed by atoms with van der Waals surface area (Å²) in [5.41, 5.74) is 0.983. The maximum absolute atomic E-state index is 11.1. The van der Waals surface area contributed by atoms with Gasteiger partial charge < -0.3 is 5.11 Å². The second kappa shape index (κ2) is 5.66. The van der Waals surface area contributed by atoms with Crippen molar-refractivity contribution < 1.29 is 14.7 Å². The highest BCUT2D eigenvalue weighted by molar-refractivity contribution is 6.30. The number of carboxylic acids is 1. The highest BCUT2D eigenvalue weighted by Crippen LogP contribution is 2.14. The number of rotatable bonds is 5. The van der Waals surface area contributed by atoms with Crippen molar-refractivity contribution in [3.8, 4) is 0 Å². The van der Waals surface area contributed by atoms with E-state index in [-0.39, 0.29) is 5.78 Å². The number of aliphatic carboxylic acids is 1. The Labute approximate surface area is 99.0 Å². The minimum atomic E-state index is -1.05. The van der Waals surface area contributed by atoms with Gasteiger partial charge in [0.15, 0.2) is 0 Å². The molecule has 1 unspecified atom stereocenters. The summed E-state index contributed by atoms with van der Waals surface area (Å²) in [4.78, 5) is 21.8. The quantitative estimate of drug-likeness (QED) is 0.805. The minimum absolute atomic E-state index is 0.304. The number of carboxylic acid groups (broad SMARTS) is 1. The van der Waals surface area contributed by atoms with E-state index in [1.807, 2.05) is 12.1 Å². The van der Waals surface area contributed by atoms with E-state index in [1.165, 1.54) is 6.92 Å². The lowest BCUT2D eigenvalue weighted by molar-refractivity contribution is -0.145. The van der Waals surface area contributed by atoms with Gasteiger partial charge in [-0.25, -0.2) is 0 Å². The first-order valence-electron chi connectivity index (χ1n) is 4.98. The van der Waals surface area contributed by atoms with Crippen LogP contribution >= 0.6 is 11.6 Å². The Morgan fingerprint density at radius 2 is 1.88 bits per heavy atom. The number of benzene rings is 1. The number of halogens is 1. The monoisotopic (exact) mass is 240 g/mol. The van der Waals surface area contributed by atoms with Crippen LogP contribution < -0.4 is 0 Å². The second-order valence-corrected chi connectivity index (χ2v) is 4.10. The van der Waals surface area contributed by atoms with Crippen LogP contribution in [0.5, 0.6) is 0 Å². The van der Waals surface area contributed by atoms with Gasteiger partial charge in [-0.3, -0.25) is 9.59 Å². The Morgan fingerprint density at radius 3 is 2.31 bits per heavy atom. The van der Waals surface area contributed by atoms with Gasteiger partial charge in [0.25, 0.3) is 0 Å². The summed E-state index contributed by atoms with van der Waals surface area (Å²) in [6.07, 6.45) is 0.889. The van der Waals surface area contributed by atoms with Crippen molar-refractivity contribution in [1.29, 1.82) is 0 Å². The number of hydrogen-bond donors (Lipinski definition) is 1. The molecule has 0 aliphatic rings. The molecule has 0 spiro atoms. The molecule has 1 atom stereocenters. The van der Waals surface area contributed by atoms with E-state index in [4.69, 9.17) is 16.7 Å². The summed E-state index contributed by atoms with van der Waals surface area (Å²) >= 11 is 5.73. The average molecular weight is 241 g/mol. The molecule has 0 bridgehead atoms. The first kappa shape index (κ1) is 12.7. The van der Waals surface area contributed by atoms with E-state index in [1.54, 1.807) is 12.1 Å². The summed E-state index contributed by atoms with van der Waals surface area (Å²) < 4.78 is 0. The predicted octanol–water partition coefficient (Wildman–Crippen LogP) is 2.56. The molecular formula is C12H13ClO3. The van der Waals surface area contributed by atoms with Crippen molar-refractivity contribution in [2.45, 2.75) is 19.8 Å². The third-order valence-corrected chi connectivity index (χ3v) is 2.68. The van der Waals surface area contributed by atoms with Gasteiger partial charge >= 0.3 is 5.97 Å². The Balaban J connectivity index is 2.59. The molecule has 0 saturated carbocycles. The lowest BCUT2D eigenvalue weighted by Crippen LogP contribution is -2.21. The zero-order valence-corrected chi connectivity index (χ0v) is 9.70. The summed E-state index contributed by atoms with van der Waals surface area (Å²) in [5, 5.41) is 9.47. The Bertz CT molecular complexity index is 370. The molecule has 1 aromatic rings. The first-order valence-corrected chi connectivity index (χ1v) is 5.36. The largest absolute Gasteiger partial charge is 0.481 e. The van der Waals surface area contributed by atoms with Crippen LogP contribution in [-0.2, 0) is 16.0 Å². The smallest absolute Gasteiger partial charge is 0.314 e. The molecule has 3 nitrogen and oxygen atoms in total. The van der Waals surface area contributed by atoms with Gasteiger partial charge in [-0.05, 0) is 37.5 Å². The van der Waals surface area contributed by atoms with E-state index in [0.717, 1.165) is 5.56 Å². The molecule has 0 fully saturated rings. The second-order valence-electron chi connectivity index (χ2n) is 3.67. The van der Waals surface area contributed by atoms with Crippen LogP contribution in [0.3, 0.4) is 0 Å². The predicted molar refractivity (Wildman–Crippen MR) is 61.6 cm³/mol. The first-order chi connectivity index (χ1) is 7.50. The van der Waals surface area contributed by atoms with E-state index < -0.39 is 11.9 Å². The molecule has 0 saturated heterocycles. The van der Waals surface area contributed by atoms with Crippen molar-refractivity contribution in [2.75, 3.05) is 0 Å². The summed E-state index contributed by atoms with van der Waals surface area (Å²) in [6.45, 7) is 1.31. The van der Waals surface area contributed by atoms with Crippen molar-refractivity contribution in [3.63, 3.8) is 0 Å². The van der Waals surface area contributed by atoms with Crippen molar-refractivity contribution >= 4 is 23.4 Å². The van der Waals surface area contributed by atoms with Gasteiger partial charge in [-0.2, -0.15) is 0 Å². The van der Waals surface area contributed by atoms with E-state index in [9.17, 15) is 9.59 Å². The van der Waals surface area contributed by atoms with E-state index >= 15 is 0 Å². The fourth-order valence-corrected chi connectivity index (χ4v) is 1.59. The van der Waals surface area contributed by atoms with Crippen molar-refractivity contribution in [2.24, 2.45) is 5.92 Å². The third-order valence-electron chi connectivity index (χ3n) is 2.42. The summed E-state index contributed by atoms with van der Waals surface area (Å²) in [5.74, 6) is -2.27. The maximum atomic E-state index is 11.1. The molecule has 0 amide bonds. The highest BCUT2D eigenvalue weighted by atomic mass is 35.5. The normalized spacial score (nSPS) is 12.1. The maximum Gasteiger partial charge on any atom is 0.314 e. The molecule has 0 aromatic heterocycles. The molecule has 4 heteroatoms. The lowest BCUT2D eigenvalue weighted by Gasteiger charge is -2.08. The molecule has 86 valence electrons. The van der Waals surface area contributed by atoms with Crippen LogP contribution in [0.15, 0.2) is 24.3 Å². The molecule has 16 heavy (non-hydrogen) atoms. The number of aryl methyl sites for hydroxylation is 1. The van der Waals surface area contributed by atoms with Gasteiger partial charge in [0.2, 0.25) is 0 Å². The Morgan fingerprint density at radius 1 is 1.31 bits per heavy atom. The Kier molecular flexibility index (Phi) is 4.50. The Hall–Kier alpha value is -1.35. The molecule has 1 N–H and O–H groups in total. The van der Waals surface area contributed by atoms with Crippen LogP contribution in [0.25, 0.3) is 0 Å². The minimum Gasteiger partial charge on any atom is -0.481 e. The van der Waals surface area contributed by atoms with Crippen LogP contribution in [-0.4, -0.2) is 16.9 Å². The third kappa shape index (κ3) is 3.66. The standard InChI is InChI=1S/C12H13ClO3/c1-8(14)11(12(15)16)7-4-9-2-5-10(13)6-3-9/h2-3,5-6,11H,4,7H2,1H3,(H,15,16). The SMILES string of the molecule is CC(=O)C(CCc1ccc(Cl)cc1)C(=O)O. The van der Waals surface area contributed by atoms with Gasteiger partial charge in [0, 0.05) is 5.02 Å². The molecule has 0 aliphatic carbocycles. The van der Waals surface area contributed by atoms with Gasteiger partial charge in [-0.1, -0.05) is 23.7 Å². The summed E-state index contributed by atoms with van der Waals surface area (Å²) in [6, 6.07) is 7.17. The highest BCUT2D eigenvalue weighted by Gasteiger charge is 2.21. The summed E-state index contributed by atoms with van der Waals surface area (Å²) in [7, 11) is 0. The zero-order valence-electron chi connectivity index (χ0n) is 8.94. The van der Waals surface area contributed by atoms with E-state index in [0.29, 0.717) is 17.9 Å². The van der Waals surface area contributed by atoms with Crippen molar-refractivity contribution in [3.05, 3.63) is 34.9 Å². The molecule has 0 radical (unpaired) electrons. The lowest BCUT2D eigenvalue weighted by atomic mass is 9.96. The number of ketones is 1. The number of carbonyl (C=O) groups excluding carboxylic acids is 1. The van der Waals surface area contributed by atoms with E-state index in [2.05, 4.69) is 0 Å². The molecule has 1 aromatic carbocycles. The van der Waals surface area contributed by atoms with Gasteiger partial charge in [-0.15, -0.1) is 0 Å². The number of carbonyl (C=O) groups is 2. The van der Waals surface area contributed by atoms with Gasteiger partial charge in [0.05, 0.1) is 0 Å². The van der Waals surface area contributed by atoms with Gasteiger partial charge in [0.1, 0.15) is 11.7 Å². The topological polar surface area (TPSA) is 54.4 Å². The zero-order chi connectivity index (χ0) is 12.1. The van der Waals surface area contributed by atoms with Crippen LogP contribution in [0, 0.1) is 5.92 Å². The molecule has 0 heterocycles. The average Bonchev–Trinajstić information content (AvgIpc) is 2.20. The number of hydrogen-bond acceptors (Lipinski definition) is 2. The molecule has 1 rings (SSSR count). The fourth-order valence-electron chi connectivity index (χ4n) is 1.46. The molecular weight excluding hydrogens is 228 g/mol.